The van der Waals surface area contributed by atoms with E-state index in [0.29, 0.717) is 53.2 Å². The van der Waals surface area contributed by atoms with E-state index in [1.165, 1.54) is 35.8 Å². The van der Waals surface area contributed by atoms with Crippen molar-refractivity contribution in [2.24, 2.45) is 0 Å². The number of fused-ring (bicyclic) bond motifs is 2. The van der Waals surface area contributed by atoms with Gasteiger partial charge in [0.15, 0.2) is 16.6 Å². The number of imidazole rings is 1. The summed E-state index contributed by atoms with van der Waals surface area (Å²) in [4.78, 5) is 39.6. The summed E-state index contributed by atoms with van der Waals surface area (Å²) in [5, 5.41) is 0.671. The summed E-state index contributed by atoms with van der Waals surface area (Å²) in [6.45, 7) is 5.10. The van der Waals surface area contributed by atoms with Gasteiger partial charge in [0.25, 0.3) is 11.8 Å². The maximum Gasteiger partial charge on any atom is 0.260 e. The minimum atomic E-state index is -0.391. The monoisotopic (exact) mass is 488 g/mol. The first-order valence-electron chi connectivity index (χ1n) is 11.3. The second-order valence-electron chi connectivity index (χ2n) is 8.67. The molecule has 0 saturated carbocycles. The Bertz CT molecular complexity index is 1480. The Morgan fingerprint density at radius 1 is 1.09 bits per heavy atom. The van der Waals surface area contributed by atoms with Crippen LogP contribution in [0.25, 0.3) is 10.8 Å². The maximum atomic E-state index is 13.4. The third-order valence-electron chi connectivity index (χ3n) is 6.56. The van der Waals surface area contributed by atoms with Crippen LogP contribution in [0.3, 0.4) is 0 Å². The Hall–Kier alpha value is -3.92. The van der Waals surface area contributed by atoms with E-state index in [9.17, 15) is 14.0 Å². The van der Waals surface area contributed by atoms with Crippen LogP contribution in [0.5, 0.6) is 0 Å². The Labute approximate surface area is 204 Å². The van der Waals surface area contributed by atoms with Gasteiger partial charge in [0, 0.05) is 24.2 Å². The summed E-state index contributed by atoms with van der Waals surface area (Å²) >= 11 is 1.26. The summed E-state index contributed by atoms with van der Waals surface area (Å²) in [5.41, 5.74) is 2.79. The molecule has 8 nitrogen and oxygen atoms in total. The van der Waals surface area contributed by atoms with Crippen LogP contribution in [0.2, 0.25) is 0 Å². The first kappa shape index (κ1) is 21.6. The lowest BCUT2D eigenvalue weighted by atomic mass is 10.1. The predicted octanol–water partition coefficient (Wildman–Crippen LogP) is 4.23. The second-order valence-corrected chi connectivity index (χ2v) is 9.42. The minimum Gasteiger partial charge on any atom is -0.328 e. The average molecular weight is 489 g/mol. The standard InChI is InChI=1S/C25H21FN6O2S/c1-14-20-21(32-13-17-5-3-4-6-19(17)25(32)34)28-22(23-27-15(2)29-35-23)31(20)12-11-30(14)24(33)16-7-9-18(26)10-8-16/h3-10,14H,11-13H2,1-2H3/t14-/m1/s1. The first-order chi connectivity index (χ1) is 16.9. The van der Waals surface area contributed by atoms with Gasteiger partial charge in [-0.05, 0) is 61.3 Å². The molecule has 4 aromatic rings. The molecule has 2 aromatic carbocycles. The van der Waals surface area contributed by atoms with Crippen molar-refractivity contribution < 1.29 is 14.0 Å². The summed E-state index contributed by atoms with van der Waals surface area (Å²) < 4.78 is 19.8. The second kappa shape index (κ2) is 8.09. The molecule has 0 unspecified atom stereocenters. The highest BCUT2D eigenvalue weighted by molar-refractivity contribution is 7.09. The Morgan fingerprint density at radius 3 is 2.57 bits per heavy atom. The van der Waals surface area contributed by atoms with Gasteiger partial charge in [-0.3, -0.25) is 14.5 Å². The highest BCUT2D eigenvalue weighted by Crippen LogP contribution is 2.40. The van der Waals surface area contributed by atoms with E-state index >= 15 is 0 Å². The van der Waals surface area contributed by atoms with Gasteiger partial charge >= 0.3 is 0 Å². The van der Waals surface area contributed by atoms with Crippen molar-refractivity contribution in [3.05, 3.63) is 82.6 Å². The van der Waals surface area contributed by atoms with Crippen molar-refractivity contribution in [1.82, 2.24) is 23.8 Å². The summed E-state index contributed by atoms with van der Waals surface area (Å²) in [7, 11) is 0. The zero-order valence-corrected chi connectivity index (χ0v) is 19.9. The number of halogens is 1. The minimum absolute atomic E-state index is 0.115. The largest absolute Gasteiger partial charge is 0.328 e. The fourth-order valence-electron chi connectivity index (χ4n) is 4.85. The van der Waals surface area contributed by atoms with Gasteiger partial charge < -0.3 is 9.47 Å². The molecule has 6 rings (SSSR count). The van der Waals surface area contributed by atoms with Crippen LogP contribution in [0.1, 0.15) is 50.8 Å². The van der Waals surface area contributed by atoms with Crippen molar-refractivity contribution in [2.75, 3.05) is 11.4 Å². The molecular formula is C25H21FN6O2S. The van der Waals surface area contributed by atoms with Crippen molar-refractivity contribution in [3.63, 3.8) is 0 Å². The number of amides is 2. The van der Waals surface area contributed by atoms with E-state index in [-0.39, 0.29) is 17.9 Å². The Morgan fingerprint density at radius 2 is 1.86 bits per heavy atom. The molecule has 1 atom stereocenters. The molecule has 0 N–H and O–H groups in total. The van der Waals surface area contributed by atoms with Crippen LogP contribution >= 0.6 is 11.5 Å². The molecule has 0 aliphatic carbocycles. The van der Waals surface area contributed by atoms with E-state index in [1.54, 1.807) is 9.80 Å². The van der Waals surface area contributed by atoms with Crippen LogP contribution in [-0.4, -0.2) is 42.2 Å². The molecule has 0 fully saturated rings. The van der Waals surface area contributed by atoms with Crippen LogP contribution in [0.4, 0.5) is 10.2 Å². The van der Waals surface area contributed by atoms with Crippen LogP contribution in [-0.2, 0) is 13.1 Å². The molecule has 2 aliphatic rings. The molecule has 2 aromatic heterocycles. The topological polar surface area (TPSA) is 84.2 Å². The molecular weight excluding hydrogens is 467 g/mol. The van der Waals surface area contributed by atoms with Crippen LogP contribution in [0, 0.1) is 12.7 Å². The Balaban J connectivity index is 1.45. The number of hydrogen-bond donors (Lipinski definition) is 0. The van der Waals surface area contributed by atoms with Gasteiger partial charge in [-0.25, -0.2) is 14.4 Å². The zero-order chi connectivity index (χ0) is 24.3. The smallest absolute Gasteiger partial charge is 0.260 e. The predicted molar refractivity (Wildman–Crippen MR) is 129 cm³/mol. The molecule has 0 radical (unpaired) electrons. The number of hydrogen-bond acceptors (Lipinski definition) is 6. The summed E-state index contributed by atoms with van der Waals surface area (Å²) in [5.74, 6) is 1.13. The fourth-order valence-corrected chi connectivity index (χ4v) is 5.52. The number of carbonyl (C=O) groups is 2. The molecule has 0 spiro atoms. The Kier molecular flexibility index (Phi) is 4.99. The van der Waals surface area contributed by atoms with Crippen molar-refractivity contribution in [2.45, 2.75) is 33.0 Å². The number of aryl methyl sites for hydroxylation is 1. The number of aromatic nitrogens is 4. The third-order valence-corrected chi connectivity index (χ3v) is 7.37. The normalized spacial score (nSPS) is 17.0. The van der Waals surface area contributed by atoms with E-state index in [0.717, 1.165) is 11.3 Å². The fraction of sp³-hybridized carbons (Fsp3) is 0.240. The molecule has 10 heteroatoms. The first-order valence-corrected chi connectivity index (χ1v) is 12.1. The number of carbonyl (C=O) groups excluding carboxylic acids is 2. The molecule has 176 valence electrons. The molecule has 35 heavy (non-hydrogen) atoms. The summed E-state index contributed by atoms with van der Waals surface area (Å²) in [6, 6.07) is 12.7. The average Bonchev–Trinajstić information content (AvgIpc) is 3.55. The van der Waals surface area contributed by atoms with Gasteiger partial charge in [-0.1, -0.05) is 18.2 Å². The number of benzene rings is 2. The molecule has 2 aliphatic heterocycles. The summed E-state index contributed by atoms with van der Waals surface area (Å²) in [6.07, 6.45) is 0. The van der Waals surface area contributed by atoms with Crippen LogP contribution < -0.4 is 4.90 Å². The van der Waals surface area contributed by atoms with Gasteiger partial charge in [-0.2, -0.15) is 4.37 Å². The van der Waals surface area contributed by atoms with Gasteiger partial charge in [0.1, 0.15) is 11.6 Å². The van der Waals surface area contributed by atoms with E-state index < -0.39 is 5.82 Å². The van der Waals surface area contributed by atoms with Crippen molar-refractivity contribution >= 4 is 29.2 Å². The molecule has 0 saturated heterocycles. The maximum absolute atomic E-state index is 13.4. The van der Waals surface area contributed by atoms with E-state index in [4.69, 9.17) is 4.98 Å². The third kappa shape index (κ3) is 3.44. The lowest BCUT2D eigenvalue weighted by molar-refractivity contribution is 0.0645. The number of anilines is 1. The van der Waals surface area contributed by atoms with E-state index in [2.05, 4.69) is 9.36 Å². The zero-order valence-electron chi connectivity index (χ0n) is 19.1. The van der Waals surface area contributed by atoms with E-state index in [1.807, 2.05) is 42.7 Å². The molecule has 4 heterocycles. The number of rotatable bonds is 3. The van der Waals surface area contributed by atoms with Gasteiger partial charge in [0.05, 0.1) is 18.3 Å². The van der Waals surface area contributed by atoms with Crippen molar-refractivity contribution in [3.8, 4) is 10.8 Å². The van der Waals surface area contributed by atoms with Crippen LogP contribution in [0.15, 0.2) is 48.5 Å². The SMILES string of the molecule is Cc1nsc(-c2nc(N3Cc4ccccc4C3=O)c3n2CCN(C(=O)c2ccc(F)cc2)[C@@H]3C)n1. The molecule has 2 amide bonds. The highest BCUT2D eigenvalue weighted by Gasteiger charge is 2.39. The highest BCUT2D eigenvalue weighted by atomic mass is 32.1. The van der Waals surface area contributed by atoms with Gasteiger partial charge in [-0.15, -0.1) is 0 Å². The quantitative estimate of drug-likeness (QED) is 0.431. The molecule has 0 bridgehead atoms. The number of nitrogens with zero attached hydrogens (tertiary/aromatic N) is 6. The van der Waals surface area contributed by atoms with Crippen molar-refractivity contribution in [1.29, 1.82) is 0 Å². The van der Waals surface area contributed by atoms with Gasteiger partial charge in [0.2, 0.25) is 0 Å². The lowest BCUT2D eigenvalue weighted by Crippen LogP contribution is -2.41. The lowest BCUT2D eigenvalue weighted by Gasteiger charge is -2.36.